The minimum Gasteiger partial charge on any atom is -0.380 e. The maximum Gasteiger partial charge on any atom is 0.115 e. The smallest absolute Gasteiger partial charge is 0.115 e. The SMILES string of the molecule is OC(C[C@H]1C[C@H]2CCCN2C1)(c1ccccc1)c1ccccc1. The molecule has 0 bridgehead atoms. The van der Waals surface area contributed by atoms with E-state index in [0.29, 0.717) is 5.92 Å². The number of nitrogens with zero attached hydrogens (tertiary/aromatic N) is 1. The second kappa shape index (κ2) is 6.10. The van der Waals surface area contributed by atoms with Crippen LogP contribution in [0.4, 0.5) is 0 Å². The van der Waals surface area contributed by atoms with Crippen LogP contribution in [0.15, 0.2) is 60.7 Å². The number of rotatable bonds is 4. The van der Waals surface area contributed by atoms with Gasteiger partial charge in [0.25, 0.3) is 0 Å². The highest BCUT2D eigenvalue weighted by molar-refractivity contribution is 5.36. The van der Waals surface area contributed by atoms with Gasteiger partial charge in [-0.05, 0) is 49.3 Å². The third-order valence-corrected chi connectivity index (χ3v) is 5.68. The van der Waals surface area contributed by atoms with Gasteiger partial charge in [0.05, 0.1) is 0 Å². The Balaban J connectivity index is 1.64. The third-order valence-electron chi connectivity index (χ3n) is 5.68. The summed E-state index contributed by atoms with van der Waals surface area (Å²) in [6, 6.07) is 21.1. The molecule has 1 N–H and O–H groups in total. The Kier molecular flexibility index (Phi) is 3.96. The summed E-state index contributed by atoms with van der Waals surface area (Å²) >= 11 is 0. The van der Waals surface area contributed by atoms with Crippen molar-refractivity contribution in [2.24, 2.45) is 5.92 Å². The molecule has 0 amide bonds. The van der Waals surface area contributed by atoms with E-state index in [1.807, 2.05) is 36.4 Å². The Morgan fingerprint density at radius 1 is 0.957 bits per heavy atom. The van der Waals surface area contributed by atoms with Crippen LogP contribution in [0.3, 0.4) is 0 Å². The van der Waals surface area contributed by atoms with Gasteiger partial charge in [0.2, 0.25) is 0 Å². The van der Waals surface area contributed by atoms with Crippen molar-refractivity contribution in [3.63, 3.8) is 0 Å². The molecule has 0 spiro atoms. The Morgan fingerprint density at radius 2 is 1.57 bits per heavy atom. The molecule has 2 aromatic rings. The summed E-state index contributed by atoms with van der Waals surface area (Å²) in [4.78, 5) is 2.63. The fourth-order valence-electron chi connectivity index (χ4n) is 4.59. The fourth-order valence-corrected chi connectivity index (χ4v) is 4.59. The van der Waals surface area contributed by atoms with Crippen molar-refractivity contribution in [2.45, 2.75) is 37.3 Å². The van der Waals surface area contributed by atoms with Gasteiger partial charge in [0.15, 0.2) is 0 Å². The minimum absolute atomic E-state index is 0.575. The molecule has 2 aliphatic rings. The lowest BCUT2D eigenvalue weighted by atomic mass is 9.78. The summed E-state index contributed by atoms with van der Waals surface area (Å²) in [5.41, 5.74) is 1.14. The predicted octanol–water partition coefficient (Wildman–Crippen LogP) is 3.80. The van der Waals surface area contributed by atoms with Crippen LogP contribution >= 0.6 is 0 Å². The van der Waals surface area contributed by atoms with E-state index < -0.39 is 5.60 Å². The van der Waals surface area contributed by atoms with Gasteiger partial charge in [0, 0.05) is 12.6 Å². The summed E-state index contributed by atoms with van der Waals surface area (Å²) in [6.45, 7) is 2.39. The lowest BCUT2D eigenvalue weighted by molar-refractivity contribution is 0.0531. The molecule has 2 aromatic carbocycles. The van der Waals surface area contributed by atoms with Gasteiger partial charge in [0.1, 0.15) is 5.60 Å². The van der Waals surface area contributed by atoms with E-state index in [1.54, 1.807) is 0 Å². The molecule has 4 rings (SSSR count). The van der Waals surface area contributed by atoms with Crippen molar-refractivity contribution < 1.29 is 5.11 Å². The van der Waals surface area contributed by atoms with Gasteiger partial charge in [-0.25, -0.2) is 0 Å². The topological polar surface area (TPSA) is 23.5 Å². The molecule has 2 heterocycles. The average Bonchev–Trinajstić information content (AvgIpc) is 3.18. The van der Waals surface area contributed by atoms with Crippen LogP contribution in [-0.2, 0) is 5.60 Å². The van der Waals surface area contributed by atoms with Crippen molar-refractivity contribution in [3.8, 4) is 0 Å². The van der Waals surface area contributed by atoms with Gasteiger partial charge in [-0.3, -0.25) is 0 Å². The molecule has 2 heteroatoms. The number of hydrogen-bond donors (Lipinski definition) is 1. The molecule has 2 atom stereocenters. The van der Waals surface area contributed by atoms with Gasteiger partial charge in [-0.15, -0.1) is 0 Å². The zero-order chi connectivity index (χ0) is 15.7. The first kappa shape index (κ1) is 14.9. The summed E-state index contributed by atoms with van der Waals surface area (Å²) in [5, 5.41) is 11.7. The molecule has 0 unspecified atom stereocenters. The van der Waals surface area contributed by atoms with Crippen molar-refractivity contribution >= 4 is 0 Å². The molecule has 23 heavy (non-hydrogen) atoms. The standard InChI is InChI=1S/C21H25NO/c23-21(18-8-3-1-4-9-18,19-10-5-2-6-11-19)15-17-14-20-12-7-13-22(20)16-17/h1-6,8-11,17,20,23H,7,12-16H2/t17-,20-/m1/s1. The molecule has 2 saturated heterocycles. The van der Waals surface area contributed by atoms with E-state index in [9.17, 15) is 5.11 Å². The molecule has 2 aliphatic heterocycles. The van der Waals surface area contributed by atoms with Crippen LogP contribution in [0.25, 0.3) is 0 Å². The minimum atomic E-state index is -0.882. The van der Waals surface area contributed by atoms with E-state index in [-0.39, 0.29) is 0 Å². The fraction of sp³-hybridized carbons (Fsp3) is 0.429. The second-order valence-corrected chi connectivity index (χ2v) is 7.19. The van der Waals surface area contributed by atoms with Gasteiger partial charge in [-0.1, -0.05) is 60.7 Å². The molecular formula is C21H25NO. The van der Waals surface area contributed by atoms with Gasteiger partial charge in [-0.2, -0.15) is 0 Å². The first-order chi connectivity index (χ1) is 11.3. The lowest BCUT2D eigenvalue weighted by Crippen LogP contribution is -2.31. The summed E-state index contributed by atoms with van der Waals surface area (Å²) in [7, 11) is 0. The van der Waals surface area contributed by atoms with Crippen molar-refractivity contribution in [2.75, 3.05) is 13.1 Å². The first-order valence-corrected chi connectivity index (χ1v) is 8.83. The quantitative estimate of drug-likeness (QED) is 0.929. The van der Waals surface area contributed by atoms with Crippen LogP contribution < -0.4 is 0 Å². The lowest BCUT2D eigenvalue weighted by Gasteiger charge is -2.32. The third kappa shape index (κ3) is 2.82. The van der Waals surface area contributed by atoms with Crippen molar-refractivity contribution in [1.82, 2.24) is 4.90 Å². The molecule has 0 radical (unpaired) electrons. The molecular weight excluding hydrogens is 282 g/mol. The average molecular weight is 307 g/mol. The Bertz CT molecular complexity index is 588. The van der Waals surface area contributed by atoms with E-state index in [2.05, 4.69) is 29.2 Å². The van der Waals surface area contributed by atoms with Crippen LogP contribution in [0.2, 0.25) is 0 Å². The monoisotopic (exact) mass is 307 g/mol. The maximum absolute atomic E-state index is 11.7. The summed E-state index contributed by atoms with van der Waals surface area (Å²) in [6.07, 6.45) is 4.74. The van der Waals surface area contributed by atoms with Crippen LogP contribution in [0.5, 0.6) is 0 Å². The second-order valence-electron chi connectivity index (χ2n) is 7.19. The number of hydrogen-bond acceptors (Lipinski definition) is 2. The Hall–Kier alpha value is -1.64. The molecule has 0 saturated carbocycles. The highest BCUT2D eigenvalue weighted by Crippen LogP contribution is 2.41. The highest BCUT2D eigenvalue weighted by atomic mass is 16.3. The van der Waals surface area contributed by atoms with E-state index >= 15 is 0 Å². The predicted molar refractivity (Wildman–Crippen MR) is 93.2 cm³/mol. The van der Waals surface area contributed by atoms with Gasteiger partial charge < -0.3 is 10.0 Å². The Morgan fingerprint density at radius 3 is 2.13 bits per heavy atom. The normalized spacial score (nSPS) is 24.7. The zero-order valence-electron chi connectivity index (χ0n) is 13.6. The number of fused-ring (bicyclic) bond motifs is 1. The van der Waals surface area contributed by atoms with Crippen molar-refractivity contribution in [3.05, 3.63) is 71.8 Å². The number of benzene rings is 2. The highest BCUT2D eigenvalue weighted by Gasteiger charge is 2.41. The summed E-state index contributed by atoms with van der Waals surface area (Å²) < 4.78 is 0. The van der Waals surface area contributed by atoms with E-state index in [1.165, 1.54) is 25.8 Å². The van der Waals surface area contributed by atoms with E-state index in [4.69, 9.17) is 0 Å². The summed E-state index contributed by atoms with van der Waals surface area (Å²) in [5.74, 6) is 0.575. The molecule has 0 aromatic heterocycles. The van der Waals surface area contributed by atoms with Crippen LogP contribution in [0.1, 0.15) is 36.8 Å². The maximum atomic E-state index is 11.7. The molecule has 0 aliphatic carbocycles. The van der Waals surface area contributed by atoms with E-state index in [0.717, 1.165) is 30.1 Å². The van der Waals surface area contributed by atoms with Crippen LogP contribution in [0, 0.1) is 5.92 Å². The van der Waals surface area contributed by atoms with Crippen LogP contribution in [-0.4, -0.2) is 29.1 Å². The molecule has 2 nitrogen and oxygen atoms in total. The zero-order valence-corrected chi connectivity index (χ0v) is 13.6. The first-order valence-electron chi connectivity index (χ1n) is 8.83. The van der Waals surface area contributed by atoms with Crippen molar-refractivity contribution in [1.29, 1.82) is 0 Å². The Labute approximate surface area is 138 Å². The molecule has 120 valence electrons. The largest absolute Gasteiger partial charge is 0.380 e. The molecule has 2 fully saturated rings. The van der Waals surface area contributed by atoms with Gasteiger partial charge >= 0.3 is 0 Å². The number of aliphatic hydroxyl groups is 1.